The number of carbonyl (C=O) groups excluding carboxylic acids is 1. The van der Waals surface area contributed by atoms with Crippen molar-refractivity contribution < 1.29 is 22.7 Å². The number of aryl methyl sites for hydroxylation is 2. The summed E-state index contributed by atoms with van der Waals surface area (Å²) in [5.74, 6) is -0.657. The summed E-state index contributed by atoms with van der Waals surface area (Å²) in [5, 5.41) is 2.45. The van der Waals surface area contributed by atoms with Crippen LogP contribution in [-0.4, -0.2) is 25.3 Å². The zero-order valence-electron chi connectivity index (χ0n) is 10.6. The maximum atomic E-state index is 11.8. The Hall–Kier alpha value is -1.76. The number of amides is 1. The highest BCUT2D eigenvalue weighted by Gasteiger charge is 2.27. The van der Waals surface area contributed by atoms with E-state index >= 15 is 0 Å². The highest BCUT2D eigenvalue weighted by molar-refractivity contribution is 5.93. The van der Waals surface area contributed by atoms with Gasteiger partial charge in [-0.1, -0.05) is 6.07 Å². The molecule has 19 heavy (non-hydrogen) atoms. The third-order valence-corrected chi connectivity index (χ3v) is 2.39. The molecule has 3 N–H and O–H groups in total. The van der Waals surface area contributed by atoms with Gasteiger partial charge in [-0.15, -0.1) is 0 Å². The molecule has 0 spiro atoms. The number of hydrogen-bond donors (Lipinski definition) is 2. The molecule has 0 saturated heterocycles. The van der Waals surface area contributed by atoms with Crippen LogP contribution < -0.4 is 11.1 Å². The molecular weight excluding hydrogens is 261 g/mol. The van der Waals surface area contributed by atoms with Crippen LogP contribution in [-0.2, 0) is 9.53 Å². The predicted molar refractivity (Wildman–Crippen MR) is 65.8 cm³/mol. The minimum atomic E-state index is -4.44. The van der Waals surface area contributed by atoms with Gasteiger partial charge in [0.15, 0.2) is 0 Å². The smallest absolute Gasteiger partial charge is 0.398 e. The maximum absolute atomic E-state index is 11.8. The Labute approximate surface area is 108 Å². The third-order valence-electron chi connectivity index (χ3n) is 2.39. The molecule has 106 valence electrons. The Kier molecular flexibility index (Phi) is 4.77. The average Bonchev–Trinajstić information content (AvgIpc) is 2.24. The number of hydrogen-bond acceptors (Lipinski definition) is 3. The number of nitrogens with two attached hydrogens (primary N) is 1. The Bertz CT molecular complexity index is 473. The molecule has 0 heterocycles. The monoisotopic (exact) mass is 276 g/mol. The highest BCUT2D eigenvalue weighted by atomic mass is 19.4. The number of benzene rings is 1. The molecule has 0 radical (unpaired) electrons. The predicted octanol–water partition coefficient (Wildman–Crippen LogP) is 2.40. The number of anilines is 2. The Balaban J connectivity index is 2.56. The molecular formula is C12H15F3N2O2. The van der Waals surface area contributed by atoms with Crippen LogP contribution in [0.5, 0.6) is 0 Å². The molecule has 0 aliphatic rings. The standard InChI is InChI=1S/C12H15F3N2O2/c1-7-3-8(2)10(4-9(7)16)17-11(18)5-19-6-12(13,14)15/h3-4H,5-6,16H2,1-2H3,(H,17,18). The zero-order valence-corrected chi connectivity index (χ0v) is 10.6. The van der Waals surface area contributed by atoms with E-state index in [0.717, 1.165) is 11.1 Å². The van der Waals surface area contributed by atoms with E-state index in [4.69, 9.17) is 5.73 Å². The van der Waals surface area contributed by atoms with Crippen LogP contribution in [0.25, 0.3) is 0 Å². The minimum absolute atomic E-state index is 0.462. The van der Waals surface area contributed by atoms with Gasteiger partial charge in [0, 0.05) is 11.4 Å². The molecule has 4 nitrogen and oxygen atoms in total. The van der Waals surface area contributed by atoms with Gasteiger partial charge in [-0.2, -0.15) is 13.2 Å². The normalized spacial score (nSPS) is 11.4. The van der Waals surface area contributed by atoms with Crippen LogP contribution in [0.1, 0.15) is 11.1 Å². The molecule has 0 fully saturated rings. The van der Waals surface area contributed by atoms with Gasteiger partial charge in [-0.3, -0.25) is 4.79 Å². The lowest BCUT2D eigenvalue weighted by molar-refractivity contribution is -0.174. The van der Waals surface area contributed by atoms with Gasteiger partial charge in [0.1, 0.15) is 13.2 Å². The fourth-order valence-electron chi connectivity index (χ4n) is 1.45. The Morgan fingerprint density at radius 1 is 1.32 bits per heavy atom. The van der Waals surface area contributed by atoms with Crippen molar-refractivity contribution in [1.82, 2.24) is 0 Å². The topological polar surface area (TPSA) is 64.3 Å². The zero-order chi connectivity index (χ0) is 14.6. The second-order valence-corrected chi connectivity index (χ2v) is 4.18. The average molecular weight is 276 g/mol. The van der Waals surface area contributed by atoms with Crippen LogP contribution in [0.4, 0.5) is 24.5 Å². The molecule has 1 aromatic rings. The lowest BCUT2D eigenvalue weighted by Crippen LogP contribution is -2.24. The maximum Gasteiger partial charge on any atom is 0.411 e. The summed E-state index contributed by atoms with van der Waals surface area (Å²) in [5.41, 5.74) is 8.29. The largest absolute Gasteiger partial charge is 0.411 e. The van der Waals surface area contributed by atoms with Crippen molar-refractivity contribution >= 4 is 17.3 Å². The molecule has 0 aliphatic carbocycles. The molecule has 0 saturated carbocycles. The number of nitrogen functional groups attached to an aromatic ring is 1. The second-order valence-electron chi connectivity index (χ2n) is 4.18. The van der Waals surface area contributed by atoms with E-state index < -0.39 is 25.3 Å². The first-order chi connectivity index (χ1) is 8.69. The Morgan fingerprint density at radius 2 is 1.95 bits per heavy atom. The molecule has 0 aliphatic heterocycles. The first-order valence-corrected chi connectivity index (χ1v) is 5.50. The second kappa shape index (κ2) is 5.92. The molecule has 0 atom stereocenters. The molecule has 1 aromatic carbocycles. The molecule has 1 amide bonds. The summed E-state index contributed by atoms with van der Waals surface area (Å²) in [4.78, 5) is 11.4. The van der Waals surface area contributed by atoms with Crippen molar-refractivity contribution in [3.8, 4) is 0 Å². The lowest BCUT2D eigenvalue weighted by Gasteiger charge is -2.12. The quantitative estimate of drug-likeness (QED) is 0.830. The van der Waals surface area contributed by atoms with Crippen molar-refractivity contribution in [2.75, 3.05) is 24.3 Å². The van der Waals surface area contributed by atoms with E-state index in [1.54, 1.807) is 19.1 Å². The van der Waals surface area contributed by atoms with Gasteiger partial charge < -0.3 is 15.8 Å². The molecule has 0 bridgehead atoms. The first kappa shape index (κ1) is 15.3. The van der Waals surface area contributed by atoms with Crippen molar-refractivity contribution in [3.05, 3.63) is 23.3 Å². The van der Waals surface area contributed by atoms with Crippen molar-refractivity contribution in [2.45, 2.75) is 20.0 Å². The number of alkyl halides is 3. The number of ether oxygens (including phenoxy) is 1. The van der Waals surface area contributed by atoms with E-state index in [1.165, 1.54) is 0 Å². The molecule has 7 heteroatoms. The number of rotatable bonds is 4. The highest BCUT2D eigenvalue weighted by Crippen LogP contribution is 2.22. The number of nitrogens with one attached hydrogen (secondary N) is 1. The van der Waals surface area contributed by atoms with E-state index in [1.807, 2.05) is 6.92 Å². The minimum Gasteiger partial charge on any atom is -0.398 e. The van der Waals surface area contributed by atoms with E-state index in [-0.39, 0.29) is 0 Å². The molecule has 0 unspecified atom stereocenters. The lowest BCUT2D eigenvalue weighted by atomic mass is 10.1. The fourth-order valence-corrected chi connectivity index (χ4v) is 1.45. The Morgan fingerprint density at radius 3 is 2.53 bits per heavy atom. The fraction of sp³-hybridized carbons (Fsp3) is 0.417. The van der Waals surface area contributed by atoms with Gasteiger partial charge in [0.25, 0.3) is 0 Å². The molecule has 0 aromatic heterocycles. The van der Waals surface area contributed by atoms with Crippen LogP contribution in [0.3, 0.4) is 0 Å². The molecule has 1 rings (SSSR count). The van der Waals surface area contributed by atoms with Gasteiger partial charge in [0.2, 0.25) is 5.91 Å². The van der Waals surface area contributed by atoms with E-state index in [0.29, 0.717) is 11.4 Å². The van der Waals surface area contributed by atoms with Gasteiger partial charge in [-0.25, -0.2) is 0 Å². The van der Waals surface area contributed by atoms with Gasteiger partial charge >= 0.3 is 6.18 Å². The van der Waals surface area contributed by atoms with Crippen LogP contribution in [0.2, 0.25) is 0 Å². The van der Waals surface area contributed by atoms with Crippen molar-refractivity contribution in [2.24, 2.45) is 0 Å². The summed E-state index contributed by atoms with van der Waals surface area (Å²) in [7, 11) is 0. The van der Waals surface area contributed by atoms with Gasteiger partial charge in [-0.05, 0) is 31.0 Å². The van der Waals surface area contributed by atoms with Gasteiger partial charge in [0.05, 0.1) is 0 Å². The summed E-state index contributed by atoms with van der Waals surface area (Å²) in [6, 6.07) is 3.34. The SMILES string of the molecule is Cc1cc(C)c(NC(=O)COCC(F)(F)F)cc1N. The van der Waals surface area contributed by atoms with Crippen LogP contribution in [0, 0.1) is 13.8 Å². The summed E-state index contributed by atoms with van der Waals surface area (Å²) < 4.78 is 39.7. The third kappa shape index (κ3) is 5.17. The van der Waals surface area contributed by atoms with E-state index in [2.05, 4.69) is 10.1 Å². The summed E-state index contributed by atoms with van der Waals surface area (Å²) in [6.07, 6.45) is -4.44. The first-order valence-electron chi connectivity index (χ1n) is 5.50. The van der Waals surface area contributed by atoms with Crippen molar-refractivity contribution in [3.63, 3.8) is 0 Å². The van der Waals surface area contributed by atoms with E-state index in [9.17, 15) is 18.0 Å². The summed E-state index contributed by atoms with van der Waals surface area (Å²) in [6.45, 7) is 1.47. The summed E-state index contributed by atoms with van der Waals surface area (Å²) >= 11 is 0. The van der Waals surface area contributed by atoms with Crippen molar-refractivity contribution in [1.29, 1.82) is 0 Å². The van der Waals surface area contributed by atoms with Crippen LogP contribution in [0.15, 0.2) is 12.1 Å². The number of carbonyl (C=O) groups is 1. The van der Waals surface area contributed by atoms with Crippen LogP contribution >= 0.6 is 0 Å². The number of halogens is 3.